The summed E-state index contributed by atoms with van der Waals surface area (Å²) in [5.41, 5.74) is -0.0317. The van der Waals surface area contributed by atoms with E-state index in [1.165, 1.54) is 0 Å². The van der Waals surface area contributed by atoms with Crippen molar-refractivity contribution in [2.45, 2.75) is 6.61 Å². The normalized spacial score (nSPS) is 9.00. The molecular weight excluding hydrogens is 250 g/mol. The van der Waals surface area contributed by atoms with Crippen molar-refractivity contribution in [2.24, 2.45) is 0 Å². The fourth-order valence-corrected chi connectivity index (χ4v) is 1.10. The van der Waals surface area contributed by atoms with Gasteiger partial charge in [-0.25, -0.2) is 8.78 Å². The number of rotatable bonds is 3. The molecule has 0 saturated heterocycles. The summed E-state index contributed by atoms with van der Waals surface area (Å²) in [5.74, 6) is -1.79. The number of hydrogen-bond acceptors (Lipinski definition) is 3. The predicted molar refractivity (Wildman–Crippen MR) is 55.5 cm³/mol. The molecule has 0 aliphatic carbocycles. The van der Waals surface area contributed by atoms with Crippen LogP contribution in [0.3, 0.4) is 0 Å². The summed E-state index contributed by atoms with van der Waals surface area (Å²) in [5, 5.41) is 16.2. The number of nitriles is 2. The molecule has 17 heavy (non-hydrogen) atoms. The molecule has 3 nitrogen and oxygen atoms in total. The van der Waals surface area contributed by atoms with Crippen molar-refractivity contribution in [1.29, 1.82) is 10.5 Å². The van der Waals surface area contributed by atoms with E-state index >= 15 is 0 Å². The Kier molecular flexibility index (Phi) is 4.45. The number of hydrogen-bond donors (Lipinski definition) is 0. The van der Waals surface area contributed by atoms with E-state index in [9.17, 15) is 8.78 Å². The Balaban J connectivity index is 2.76. The topological polar surface area (TPSA) is 56.8 Å². The van der Waals surface area contributed by atoms with Gasteiger partial charge in [0.05, 0.1) is 0 Å². The Morgan fingerprint density at radius 1 is 1.29 bits per heavy atom. The molecule has 0 N–H and O–H groups in total. The van der Waals surface area contributed by atoms with Gasteiger partial charge < -0.3 is 4.74 Å². The van der Waals surface area contributed by atoms with Gasteiger partial charge in [-0.3, -0.25) is 0 Å². The monoisotopic (exact) mass is 254 g/mol. The van der Waals surface area contributed by atoms with Crippen LogP contribution in [-0.4, -0.2) is 0 Å². The molecule has 0 aromatic heterocycles. The number of allylic oxidation sites excluding steroid dienone is 1. The third kappa shape index (κ3) is 3.44. The first-order valence-corrected chi connectivity index (χ1v) is 4.71. The molecular formula is C11H5ClF2N2O. The minimum atomic E-state index is -0.893. The molecule has 0 aliphatic rings. The molecule has 0 bridgehead atoms. The van der Waals surface area contributed by atoms with E-state index in [1.54, 1.807) is 12.1 Å². The lowest BCUT2D eigenvalue weighted by molar-refractivity contribution is 0.234. The molecule has 0 unspecified atom stereocenters. The van der Waals surface area contributed by atoms with Crippen molar-refractivity contribution in [3.63, 3.8) is 0 Å². The standard InChI is InChI=1S/C11H5ClF2N2O/c12-11-9(13)1-7(2-10(11)14)5-17-6-8(3-15)4-16/h1-2,6H,5H2. The molecule has 0 fully saturated rings. The first-order chi connectivity index (χ1) is 8.08. The fraction of sp³-hybridized carbons (Fsp3) is 0.0909. The third-order valence-corrected chi connectivity index (χ3v) is 2.10. The minimum absolute atomic E-state index is 0.169. The Morgan fingerprint density at radius 2 is 1.82 bits per heavy atom. The molecule has 1 rings (SSSR count). The number of ether oxygens (including phenoxy) is 1. The van der Waals surface area contributed by atoms with Crippen LogP contribution in [0, 0.1) is 34.3 Å². The molecule has 1 aromatic rings. The molecule has 86 valence electrons. The van der Waals surface area contributed by atoms with E-state index < -0.39 is 16.7 Å². The lowest BCUT2D eigenvalue weighted by Gasteiger charge is -2.03. The van der Waals surface area contributed by atoms with Gasteiger partial charge in [0.2, 0.25) is 0 Å². The van der Waals surface area contributed by atoms with Crippen LogP contribution in [0.4, 0.5) is 8.78 Å². The quantitative estimate of drug-likeness (QED) is 0.473. The lowest BCUT2D eigenvalue weighted by Crippen LogP contribution is -1.92. The van der Waals surface area contributed by atoms with Gasteiger partial charge in [0.1, 0.15) is 41.7 Å². The second kappa shape index (κ2) is 5.83. The zero-order chi connectivity index (χ0) is 12.8. The number of halogens is 3. The van der Waals surface area contributed by atoms with Crippen molar-refractivity contribution in [1.82, 2.24) is 0 Å². The number of benzene rings is 1. The SMILES string of the molecule is N#CC(C#N)=COCc1cc(F)c(Cl)c(F)c1. The summed E-state index contributed by atoms with van der Waals surface area (Å²) in [6.07, 6.45) is 0.921. The molecule has 0 spiro atoms. The molecule has 0 amide bonds. The summed E-state index contributed by atoms with van der Waals surface area (Å²) in [4.78, 5) is 0. The van der Waals surface area contributed by atoms with Gasteiger partial charge in [0.15, 0.2) is 5.57 Å². The highest BCUT2D eigenvalue weighted by Crippen LogP contribution is 2.20. The molecule has 0 aliphatic heterocycles. The van der Waals surface area contributed by atoms with E-state index in [-0.39, 0.29) is 17.7 Å². The predicted octanol–water partition coefficient (Wildman–Crippen LogP) is 3.07. The molecule has 0 heterocycles. The van der Waals surface area contributed by atoms with E-state index in [1.807, 2.05) is 0 Å². The Labute approximate surface area is 101 Å². The van der Waals surface area contributed by atoms with Crippen LogP contribution in [0.2, 0.25) is 5.02 Å². The van der Waals surface area contributed by atoms with Gasteiger partial charge in [-0.2, -0.15) is 10.5 Å². The average Bonchev–Trinajstić information content (AvgIpc) is 2.31. The van der Waals surface area contributed by atoms with Crippen molar-refractivity contribution in [3.8, 4) is 12.1 Å². The second-order valence-electron chi connectivity index (χ2n) is 2.94. The van der Waals surface area contributed by atoms with Crippen LogP contribution in [0.25, 0.3) is 0 Å². The zero-order valence-electron chi connectivity index (χ0n) is 8.38. The van der Waals surface area contributed by atoms with Gasteiger partial charge in [-0.1, -0.05) is 11.6 Å². The maximum absolute atomic E-state index is 13.0. The summed E-state index contributed by atoms with van der Waals surface area (Å²) in [6.45, 7) is -0.169. The molecule has 6 heteroatoms. The van der Waals surface area contributed by atoms with E-state index in [2.05, 4.69) is 0 Å². The van der Waals surface area contributed by atoms with Crippen LogP contribution in [0.15, 0.2) is 24.0 Å². The number of nitrogens with zero attached hydrogens (tertiary/aromatic N) is 2. The first-order valence-electron chi connectivity index (χ1n) is 4.34. The Morgan fingerprint density at radius 3 is 2.29 bits per heavy atom. The lowest BCUT2D eigenvalue weighted by atomic mass is 10.2. The van der Waals surface area contributed by atoms with Crippen molar-refractivity contribution in [2.75, 3.05) is 0 Å². The van der Waals surface area contributed by atoms with Gasteiger partial charge in [-0.15, -0.1) is 0 Å². The van der Waals surface area contributed by atoms with Gasteiger partial charge >= 0.3 is 0 Å². The van der Waals surface area contributed by atoms with Crippen molar-refractivity contribution >= 4 is 11.6 Å². The Bertz CT molecular complexity index is 504. The van der Waals surface area contributed by atoms with E-state index in [0.717, 1.165) is 18.4 Å². The maximum Gasteiger partial charge on any atom is 0.164 e. The summed E-state index contributed by atoms with van der Waals surface area (Å²) in [7, 11) is 0. The highest BCUT2D eigenvalue weighted by Gasteiger charge is 2.08. The van der Waals surface area contributed by atoms with Gasteiger partial charge in [0, 0.05) is 0 Å². The van der Waals surface area contributed by atoms with Crippen LogP contribution >= 0.6 is 11.6 Å². The van der Waals surface area contributed by atoms with Crippen molar-refractivity contribution in [3.05, 3.63) is 46.2 Å². The van der Waals surface area contributed by atoms with Crippen LogP contribution in [0.5, 0.6) is 0 Å². The molecule has 0 radical (unpaired) electrons. The van der Waals surface area contributed by atoms with Gasteiger partial charge in [-0.05, 0) is 17.7 Å². The summed E-state index contributed by atoms with van der Waals surface area (Å²) >= 11 is 5.29. The first kappa shape index (κ1) is 13.0. The fourth-order valence-electron chi connectivity index (χ4n) is 0.990. The maximum atomic E-state index is 13.0. The molecule has 1 aromatic carbocycles. The average molecular weight is 255 g/mol. The summed E-state index contributed by atoms with van der Waals surface area (Å²) in [6, 6.07) is 5.17. The molecule has 0 atom stereocenters. The van der Waals surface area contributed by atoms with Crippen LogP contribution in [-0.2, 0) is 11.3 Å². The van der Waals surface area contributed by atoms with E-state index in [4.69, 9.17) is 26.9 Å². The van der Waals surface area contributed by atoms with Gasteiger partial charge in [0.25, 0.3) is 0 Å². The minimum Gasteiger partial charge on any atom is -0.494 e. The zero-order valence-corrected chi connectivity index (χ0v) is 9.13. The van der Waals surface area contributed by atoms with E-state index in [0.29, 0.717) is 0 Å². The highest BCUT2D eigenvalue weighted by atomic mass is 35.5. The summed E-state index contributed by atoms with van der Waals surface area (Å²) < 4.78 is 30.9. The highest BCUT2D eigenvalue weighted by molar-refractivity contribution is 6.30. The second-order valence-corrected chi connectivity index (χ2v) is 3.32. The Hall–Kier alpha value is -2.11. The van der Waals surface area contributed by atoms with Crippen LogP contribution < -0.4 is 0 Å². The largest absolute Gasteiger partial charge is 0.494 e. The third-order valence-electron chi connectivity index (χ3n) is 1.74. The smallest absolute Gasteiger partial charge is 0.164 e. The molecule has 0 saturated carbocycles. The van der Waals surface area contributed by atoms with Crippen LogP contribution in [0.1, 0.15) is 5.56 Å². The van der Waals surface area contributed by atoms with Crippen molar-refractivity contribution < 1.29 is 13.5 Å².